The molecule has 0 aliphatic heterocycles. The quantitative estimate of drug-likeness (QED) is 0.295. The number of benzene rings is 2. The predicted molar refractivity (Wildman–Crippen MR) is 151 cm³/mol. The van der Waals surface area contributed by atoms with E-state index in [1.165, 1.54) is 0 Å². The van der Waals surface area contributed by atoms with Crippen molar-refractivity contribution in [1.82, 2.24) is 24.6 Å². The summed E-state index contributed by atoms with van der Waals surface area (Å²) in [6.07, 6.45) is 1.96. The number of carbonyl (C=O) groups excluding carboxylic acids is 1. The summed E-state index contributed by atoms with van der Waals surface area (Å²) in [5.41, 5.74) is 12.6. The van der Waals surface area contributed by atoms with Gasteiger partial charge in [0.25, 0.3) is 0 Å². The number of nitrogens with one attached hydrogen (secondary N) is 2. The Morgan fingerprint density at radius 1 is 1.08 bits per heavy atom. The average molecular weight is 502 g/mol. The lowest BCUT2D eigenvalue weighted by Crippen LogP contribution is -2.29. The maximum Gasteiger partial charge on any atom is 0.227 e. The number of nitrogens with two attached hydrogens (primary N) is 1. The summed E-state index contributed by atoms with van der Waals surface area (Å²) in [7, 11) is 8.03. The molecule has 0 aliphatic carbocycles. The first-order valence-electron chi connectivity index (χ1n) is 12.3. The van der Waals surface area contributed by atoms with Gasteiger partial charge in [0, 0.05) is 44.7 Å². The standard InChI is InChI=1S/C27H35N9O/c1-7-24(37)30-21-16-29-27(32-26(21)25-18-10-8-9-11-22(18)36(6)33-25)31-20-15-19(28)23(14-17(20)2)35(5)13-12-34(3)4/h8-11,14-16H,7,12-13,28H2,1-6H3,(H,30,37)(H,29,31,32). The minimum atomic E-state index is -0.122. The van der Waals surface area contributed by atoms with Gasteiger partial charge in [-0.25, -0.2) is 9.97 Å². The van der Waals surface area contributed by atoms with Gasteiger partial charge in [-0.1, -0.05) is 25.1 Å². The predicted octanol–water partition coefficient (Wildman–Crippen LogP) is 4.01. The van der Waals surface area contributed by atoms with Crippen molar-refractivity contribution in [2.24, 2.45) is 7.05 Å². The molecule has 37 heavy (non-hydrogen) atoms. The number of amides is 1. The fourth-order valence-corrected chi connectivity index (χ4v) is 4.11. The van der Waals surface area contributed by atoms with Crippen LogP contribution in [0.15, 0.2) is 42.6 Å². The minimum Gasteiger partial charge on any atom is -0.397 e. The molecule has 0 saturated carbocycles. The number of fused-ring (bicyclic) bond motifs is 1. The van der Waals surface area contributed by atoms with Crippen LogP contribution in [0.4, 0.5) is 28.7 Å². The van der Waals surface area contributed by atoms with Gasteiger partial charge < -0.3 is 26.2 Å². The first-order valence-corrected chi connectivity index (χ1v) is 12.3. The molecule has 2 aromatic carbocycles. The number of rotatable bonds is 9. The summed E-state index contributed by atoms with van der Waals surface area (Å²) in [5, 5.41) is 11.9. The first-order chi connectivity index (χ1) is 17.7. The maximum atomic E-state index is 12.2. The van der Waals surface area contributed by atoms with Crippen molar-refractivity contribution in [1.29, 1.82) is 0 Å². The van der Waals surface area contributed by atoms with Gasteiger partial charge in [0.1, 0.15) is 11.4 Å². The molecule has 2 heterocycles. The van der Waals surface area contributed by atoms with Crippen LogP contribution in [0.3, 0.4) is 0 Å². The summed E-state index contributed by atoms with van der Waals surface area (Å²) >= 11 is 0. The van der Waals surface area contributed by atoms with E-state index in [4.69, 9.17) is 15.8 Å². The second-order valence-corrected chi connectivity index (χ2v) is 9.42. The highest BCUT2D eigenvalue weighted by Crippen LogP contribution is 2.34. The summed E-state index contributed by atoms with van der Waals surface area (Å²) in [6.45, 7) is 5.61. The van der Waals surface area contributed by atoms with Gasteiger partial charge in [0.2, 0.25) is 11.9 Å². The monoisotopic (exact) mass is 501 g/mol. The van der Waals surface area contributed by atoms with E-state index in [-0.39, 0.29) is 5.91 Å². The molecule has 10 nitrogen and oxygen atoms in total. The number of carbonyl (C=O) groups is 1. The molecule has 0 saturated heterocycles. The molecule has 0 bridgehead atoms. The molecule has 0 unspecified atom stereocenters. The van der Waals surface area contributed by atoms with Crippen molar-refractivity contribution in [2.45, 2.75) is 20.3 Å². The molecular weight excluding hydrogens is 466 g/mol. The van der Waals surface area contributed by atoms with E-state index >= 15 is 0 Å². The van der Waals surface area contributed by atoms with E-state index in [0.29, 0.717) is 35.1 Å². The number of nitrogen functional groups attached to an aromatic ring is 1. The van der Waals surface area contributed by atoms with Gasteiger partial charge >= 0.3 is 0 Å². The number of likely N-dealkylation sites (N-methyl/N-ethyl adjacent to an activating group) is 2. The molecule has 10 heteroatoms. The second kappa shape index (κ2) is 10.8. The van der Waals surface area contributed by atoms with E-state index in [9.17, 15) is 4.79 Å². The number of nitrogens with zero attached hydrogens (tertiary/aromatic N) is 6. The van der Waals surface area contributed by atoms with Gasteiger partial charge in [0.15, 0.2) is 0 Å². The Morgan fingerprint density at radius 3 is 2.57 bits per heavy atom. The highest BCUT2D eigenvalue weighted by atomic mass is 16.1. The van der Waals surface area contributed by atoms with Crippen molar-refractivity contribution >= 4 is 45.5 Å². The van der Waals surface area contributed by atoms with Gasteiger partial charge in [-0.05, 0) is 44.8 Å². The molecule has 194 valence electrons. The number of para-hydroxylation sites is 1. The lowest BCUT2D eigenvalue weighted by atomic mass is 10.1. The first kappa shape index (κ1) is 25.9. The lowest BCUT2D eigenvalue weighted by Gasteiger charge is -2.24. The number of anilines is 5. The number of hydrogen-bond acceptors (Lipinski definition) is 8. The van der Waals surface area contributed by atoms with Crippen LogP contribution < -0.4 is 21.3 Å². The Hall–Kier alpha value is -4.18. The Bertz CT molecular complexity index is 1430. The van der Waals surface area contributed by atoms with E-state index < -0.39 is 0 Å². The number of aryl methyl sites for hydroxylation is 2. The molecule has 4 N–H and O–H groups in total. The van der Waals surface area contributed by atoms with Gasteiger partial charge in [-0.3, -0.25) is 9.48 Å². The highest BCUT2D eigenvalue weighted by Gasteiger charge is 2.19. The van der Waals surface area contributed by atoms with Crippen molar-refractivity contribution in [3.05, 3.63) is 48.2 Å². The Balaban J connectivity index is 1.71. The van der Waals surface area contributed by atoms with Crippen LogP contribution in [0.1, 0.15) is 18.9 Å². The Kier molecular flexibility index (Phi) is 7.58. The van der Waals surface area contributed by atoms with Gasteiger partial charge in [0.05, 0.1) is 28.8 Å². The fourth-order valence-electron chi connectivity index (χ4n) is 4.11. The van der Waals surface area contributed by atoms with Crippen LogP contribution in [-0.2, 0) is 11.8 Å². The lowest BCUT2D eigenvalue weighted by molar-refractivity contribution is -0.115. The summed E-state index contributed by atoms with van der Waals surface area (Å²) in [5.74, 6) is 0.263. The van der Waals surface area contributed by atoms with Crippen LogP contribution in [0, 0.1) is 6.92 Å². The smallest absolute Gasteiger partial charge is 0.227 e. The van der Waals surface area contributed by atoms with E-state index in [1.807, 2.05) is 56.0 Å². The zero-order valence-electron chi connectivity index (χ0n) is 22.3. The van der Waals surface area contributed by atoms with E-state index in [0.717, 1.165) is 40.9 Å². The molecule has 2 aromatic heterocycles. The molecular formula is C27H35N9O. The summed E-state index contributed by atoms with van der Waals surface area (Å²) < 4.78 is 1.81. The number of hydrogen-bond donors (Lipinski definition) is 3. The van der Waals surface area contributed by atoms with Gasteiger partial charge in [-0.2, -0.15) is 5.10 Å². The summed E-state index contributed by atoms with van der Waals surface area (Å²) in [6, 6.07) is 11.9. The molecule has 4 rings (SSSR count). The summed E-state index contributed by atoms with van der Waals surface area (Å²) in [4.78, 5) is 25.8. The average Bonchev–Trinajstić information content (AvgIpc) is 3.21. The third kappa shape index (κ3) is 5.64. The molecule has 0 atom stereocenters. The molecule has 1 amide bonds. The van der Waals surface area contributed by atoms with Crippen LogP contribution in [0.5, 0.6) is 0 Å². The van der Waals surface area contributed by atoms with Gasteiger partial charge in [-0.15, -0.1) is 0 Å². The van der Waals surface area contributed by atoms with Crippen LogP contribution in [0.2, 0.25) is 0 Å². The third-order valence-corrected chi connectivity index (χ3v) is 6.28. The van der Waals surface area contributed by atoms with Crippen molar-refractivity contribution in [3.8, 4) is 11.4 Å². The molecule has 0 spiro atoms. The normalized spacial score (nSPS) is 11.2. The van der Waals surface area contributed by atoms with Crippen molar-refractivity contribution in [2.75, 3.05) is 55.5 Å². The SMILES string of the molecule is CCC(=O)Nc1cnc(Nc2cc(N)c(N(C)CCN(C)C)cc2C)nc1-c1nn(C)c2ccccc12. The zero-order chi connectivity index (χ0) is 26.7. The van der Waals surface area contributed by atoms with E-state index in [1.54, 1.807) is 13.1 Å². The van der Waals surface area contributed by atoms with Crippen LogP contribution in [0.25, 0.3) is 22.3 Å². The Labute approximate surface area is 217 Å². The third-order valence-electron chi connectivity index (χ3n) is 6.28. The van der Waals surface area contributed by atoms with Crippen LogP contribution >= 0.6 is 0 Å². The fraction of sp³-hybridized carbons (Fsp3) is 0.333. The molecule has 0 radical (unpaired) electrons. The highest BCUT2D eigenvalue weighted by molar-refractivity contribution is 5.99. The van der Waals surface area contributed by atoms with Crippen LogP contribution in [-0.4, -0.2) is 64.8 Å². The number of aromatic nitrogens is 4. The topological polar surface area (TPSA) is 117 Å². The minimum absolute atomic E-state index is 0.122. The largest absolute Gasteiger partial charge is 0.397 e. The molecule has 0 aliphatic rings. The molecule has 0 fully saturated rings. The van der Waals surface area contributed by atoms with Crippen molar-refractivity contribution < 1.29 is 4.79 Å². The van der Waals surface area contributed by atoms with Crippen molar-refractivity contribution in [3.63, 3.8) is 0 Å². The second-order valence-electron chi connectivity index (χ2n) is 9.42. The van der Waals surface area contributed by atoms with E-state index in [2.05, 4.69) is 45.6 Å². The molecule has 4 aromatic rings. The zero-order valence-corrected chi connectivity index (χ0v) is 22.3. The maximum absolute atomic E-state index is 12.2. The Morgan fingerprint density at radius 2 is 1.84 bits per heavy atom.